The first-order valence-electron chi connectivity index (χ1n) is 18.8. The summed E-state index contributed by atoms with van der Waals surface area (Å²) in [5.41, 5.74) is 11.5. The van der Waals surface area contributed by atoms with Crippen molar-refractivity contribution >= 4 is 49.3 Å². The summed E-state index contributed by atoms with van der Waals surface area (Å²) in [7, 11) is 0. The summed E-state index contributed by atoms with van der Waals surface area (Å²) >= 11 is 0. The van der Waals surface area contributed by atoms with Crippen LogP contribution in [-0.2, 0) is 0 Å². The number of hydrogen-bond donors (Lipinski definition) is 0. The number of fused-ring (bicyclic) bond motifs is 6. The van der Waals surface area contributed by atoms with Gasteiger partial charge in [-0.1, -0.05) is 97.1 Å². The van der Waals surface area contributed by atoms with Crippen LogP contribution in [0.5, 0.6) is 0 Å². The van der Waals surface area contributed by atoms with Gasteiger partial charge in [0.1, 0.15) is 23.3 Å². The van der Waals surface area contributed by atoms with E-state index in [9.17, 15) is 10.5 Å². The normalized spacial score (nSPS) is 11.2. The summed E-state index contributed by atoms with van der Waals surface area (Å²) in [6.45, 7) is 11.2. The average Bonchev–Trinajstić information content (AvgIpc) is 3.77. The van der Waals surface area contributed by atoms with Crippen molar-refractivity contribution in [3.8, 4) is 57.2 Å². The second-order valence-electron chi connectivity index (χ2n) is 14.3. The van der Waals surface area contributed by atoms with Crippen molar-refractivity contribution in [3.63, 3.8) is 0 Å². The van der Waals surface area contributed by atoms with Gasteiger partial charge in [-0.15, -0.1) is 0 Å². The lowest BCUT2D eigenvalue weighted by molar-refractivity contribution is 0.927. The van der Waals surface area contributed by atoms with E-state index in [0.717, 1.165) is 71.4 Å². The van der Waals surface area contributed by atoms with Gasteiger partial charge in [0.15, 0.2) is 11.5 Å². The molecule has 0 saturated heterocycles. The molecule has 0 aliphatic carbocycles. The molecule has 7 aromatic carbocycles. The first-order valence-corrected chi connectivity index (χ1v) is 18.8. The van der Waals surface area contributed by atoms with Crippen LogP contribution in [0.15, 0.2) is 146 Å². The van der Waals surface area contributed by atoms with Crippen LogP contribution >= 0.6 is 0 Å². The third kappa shape index (κ3) is 5.46. The minimum Gasteiger partial charge on any atom is -0.308 e. The van der Waals surface area contributed by atoms with Crippen LogP contribution < -0.4 is 0 Å². The van der Waals surface area contributed by atoms with Crippen LogP contribution in [0.3, 0.4) is 0 Å². The molecule has 0 unspecified atom stereocenters. The van der Waals surface area contributed by atoms with Crippen LogP contribution in [0.2, 0.25) is 0 Å². The van der Waals surface area contributed by atoms with Crippen LogP contribution in [-0.4, -0.2) is 24.1 Å². The lowest BCUT2D eigenvalue weighted by Crippen LogP contribution is -2.07. The molecule has 10 aromatic rings. The molecule has 0 amide bonds. The number of para-hydroxylation sites is 2. The molecular formula is C50H30N8. The number of benzene rings is 7. The van der Waals surface area contributed by atoms with Crippen molar-refractivity contribution in [2.75, 3.05) is 0 Å². The fourth-order valence-electron chi connectivity index (χ4n) is 8.24. The molecule has 0 saturated carbocycles. The zero-order valence-electron chi connectivity index (χ0n) is 31.4. The lowest BCUT2D eigenvalue weighted by Gasteiger charge is -2.18. The van der Waals surface area contributed by atoms with Crippen molar-refractivity contribution in [1.29, 1.82) is 10.5 Å². The fourth-order valence-corrected chi connectivity index (χ4v) is 8.24. The van der Waals surface area contributed by atoms with Crippen LogP contribution in [0, 0.1) is 43.1 Å². The average molecular weight is 743 g/mol. The summed E-state index contributed by atoms with van der Waals surface area (Å²) < 4.78 is 4.37. The van der Waals surface area contributed by atoms with Gasteiger partial charge < -0.3 is 9.13 Å². The molecule has 10 rings (SSSR count). The Hall–Kier alpha value is -8.38. The monoisotopic (exact) mass is 742 g/mol. The Morgan fingerprint density at radius 2 is 0.948 bits per heavy atom. The molecule has 3 heterocycles. The third-order valence-electron chi connectivity index (χ3n) is 10.8. The van der Waals surface area contributed by atoms with Crippen LogP contribution in [0.1, 0.15) is 22.8 Å². The number of aromatic nitrogens is 5. The highest BCUT2D eigenvalue weighted by Crippen LogP contribution is 2.41. The summed E-state index contributed by atoms with van der Waals surface area (Å²) in [6, 6.07) is 53.5. The predicted octanol–water partition coefficient (Wildman–Crippen LogP) is 12.0. The highest BCUT2D eigenvalue weighted by Gasteiger charge is 2.24. The molecule has 0 atom stereocenters. The first kappa shape index (κ1) is 34.1. The van der Waals surface area contributed by atoms with E-state index in [1.54, 1.807) is 0 Å². The smallest absolute Gasteiger partial charge is 0.187 e. The number of hydrogen-bond acceptors (Lipinski definition) is 5. The van der Waals surface area contributed by atoms with Crippen LogP contribution in [0.4, 0.5) is 5.69 Å². The molecule has 0 bridgehead atoms. The molecule has 0 aliphatic heterocycles. The van der Waals surface area contributed by atoms with Gasteiger partial charge in [0.25, 0.3) is 0 Å². The number of rotatable bonds is 5. The molecule has 58 heavy (non-hydrogen) atoms. The maximum atomic E-state index is 11.4. The fraction of sp³-hybridized carbons (Fsp3) is 0.0400. The topological polar surface area (TPSA) is 100 Å². The van der Waals surface area contributed by atoms with Crippen molar-refractivity contribution in [2.45, 2.75) is 13.8 Å². The zero-order valence-corrected chi connectivity index (χ0v) is 31.4. The Labute approximate surface area is 333 Å². The van der Waals surface area contributed by atoms with Gasteiger partial charge in [-0.2, -0.15) is 10.5 Å². The predicted molar refractivity (Wildman–Crippen MR) is 230 cm³/mol. The SMILES string of the molecule is [C-]#[N+]c1ccc(-c2ccc3c4ccccc4n(-c4cc(-c5nc(C)nc(C)n5)cc(-n5c6ccccc6c6ccc(-c7ccc(C#N)cc7)cc65)c4C#N)c3c2)cc1. The maximum absolute atomic E-state index is 11.4. The molecule has 0 spiro atoms. The summed E-state index contributed by atoms with van der Waals surface area (Å²) in [6.07, 6.45) is 0. The standard InChI is InChI=1S/C50H30N8/c1-30-54-31(2)56-50(55-30)37-26-48(57-44-10-6-4-8-39(44)41-22-18-35(24-46(41)57)33-14-12-32(28-51)13-15-33)43(29-52)49(27-37)58-45-11-7-5-9-40(45)42-23-19-36(25-47(42)58)34-16-20-38(53-3)21-17-34/h4-27H,1-2H3. The quantitative estimate of drug-likeness (QED) is 0.163. The third-order valence-corrected chi connectivity index (χ3v) is 10.8. The van der Waals surface area contributed by atoms with Gasteiger partial charge >= 0.3 is 0 Å². The van der Waals surface area contributed by atoms with Gasteiger partial charge in [0.05, 0.1) is 51.6 Å². The molecule has 8 nitrogen and oxygen atoms in total. The van der Waals surface area contributed by atoms with E-state index in [0.29, 0.717) is 45.7 Å². The summed E-state index contributed by atoms with van der Waals surface area (Å²) in [4.78, 5) is 17.7. The van der Waals surface area contributed by atoms with E-state index >= 15 is 0 Å². The molecule has 0 radical (unpaired) electrons. The molecule has 8 heteroatoms. The Balaban J connectivity index is 1.32. The van der Waals surface area contributed by atoms with E-state index in [4.69, 9.17) is 16.5 Å². The number of nitriles is 2. The first-order chi connectivity index (χ1) is 28.4. The Kier molecular flexibility index (Phi) is 7.90. The van der Waals surface area contributed by atoms with Crippen molar-refractivity contribution in [1.82, 2.24) is 24.1 Å². The van der Waals surface area contributed by atoms with Crippen molar-refractivity contribution < 1.29 is 0 Å². The van der Waals surface area contributed by atoms with Crippen LogP contribution in [0.25, 0.3) is 93.5 Å². The van der Waals surface area contributed by atoms with Gasteiger partial charge in [-0.3, -0.25) is 0 Å². The summed E-state index contributed by atoms with van der Waals surface area (Å²) in [5, 5.41) is 25.1. The molecule has 270 valence electrons. The highest BCUT2D eigenvalue weighted by molar-refractivity contribution is 6.12. The Morgan fingerprint density at radius 1 is 0.483 bits per heavy atom. The second-order valence-corrected chi connectivity index (χ2v) is 14.3. The van der Waals surface area contributed by atoms with Gasteiger partial charge in [0, 0.05) is 27.1 Å². The van der Waals surface area contributed by atoms with E-state index in [1.807, 2.05) is 98.8 Å². The van der Waals surface area contributed by atoms with E-state index in [2.05, 4.69) is 91.8 Å². The molecule has 0 fully saturated rings. The van der Waals surface area contributed by atoms with E-state index in [1.165, 1.54) is 0 Å². The van der Waals surface area contributed by atoms with Gasteiger partial charge in [-0.05, 0) is 84.6 Å². The van der Waals surface area contributed by atoms with E-state index in [-0.39, 0.29) is 0 Å². The number of nitrogens with zero attached hydrogens (tertiary/aromatic N) is 8. The van der Waals surface area contributed by atoms with Crippen molar-refractivity contribution in [2.24, 2.45) is 0 Å². The summed E-state index contributed by atoms with van der Waals surface area (Å²) in [5.74, 6) is 1.71. The Bertz CT molecular complexity index is 3220. The second kappa shape index (κ2) is 13.4. The largest absolute Gasteiger partial charge is 0.308 e. The van der Waals surface area contributed by atoms with E-state index < -0.39 is 0 Å². The van der Waals surface area contributed by atoms with Gasteiger partial charge in [0.2, 0.25) is 0 Å². The molecule has 0 N–H and O–H groups in total. The molecular weight excluding hydrogens is 713 g/mol. The number of aryl methyl sites for hydroxylation is 2. The van der Waals surface area contributed by atoms with Crippen molar-refractivity contribution in [3.05, 3.63) is 180 Å². The molecule has 3 aromatic heterocycles. The zero-order chi connectivity index (χ0) is 39.5. The minimum atomic E-state index is 0.479. The Morgan fingerprint density at radius 3 is 1.43 bits per heavy atom. The van der Waals surface area contributed by atoms with Gasteiger partial charge in [-0.25, -0.2) is 19.8 Å². The maximum Gasteiger partial charge on any atom is 0.187 e. The minimum absolute atomic E-state index is 0.479. The highest BCUT2D eigenvalue weighted by atomic mass is 15.0. The lowest BCUT2D eigenvalue weighted by atomic mass is 10.0. The molecule has 0 aliphatic rings.